The van der Waals surface area contributed by atoms with Crippen molar-refractivity contribution in [3.63, 3.8) is 0 Å². The van der Waals surface area contributed by atoms with Crippen molar-refractivity contribution in [2.75, 3.05) is 0 Å². The molecule has 0 atom stereocenters. The molecular weight excluding hydrogens is 176 g/mol. The van der Waals surface area contributed by atoms with Crippen molar-refractivity contribution in [3.8, 4) is 0 Å². The summed E-state index contributed by atoms with van der Waals surface area (Å²) >= 11 is 0. The lowest BCUT2D eigenvalue weighted by atomic mass is 10.2. The average Bonchev–Trinajstić information content (AvgIpc) is 2.87. The number of hydrogen-bond acceptors (Lipinski definition) is 2. The second-order valence-corrected chi connectivity index (χ2v) is 2.89. The van der Waals surface area contributed by atoms with E-state index in [1.165, 1.54) is 12.3 Å². The van der Waals surface area contributed by atoms with Crippen LogP contribution in [0, 0.1) is 0 Å². The molecular formula is C12H9O2-. The Bertz CT molecular complexity index is 403. The molecule has 0 spiro atoms. The SMILES string of the molecule is [O-]/C(=C/C=C1C=CC=C1)c1ccco1. The zero-order valence-corrected chi connectivity index (χ0v) is 7.51. The third-order valence-electron chi connectivity index (χ3n) is 1.88. The normalized spacial score (nSPS) is 15.1. The molecule has 0 radical (unpaired) electrons. The van der Waals surface area contributed by atoms with Crippen molar-refractivity contribution < 1.29 is 9.52 Å². The molecule has 1 aromatic heterocycles. The Kier molecular flexibility index (Phi) is 2.36. The van der Waals surface area contributed by atoms with Gasteiger partial charge in [0, 0.05) is 0 Å². The monoisotopic (exact) mass is 185 g/mol. The molecule has 1 aliphatic carbocycles. The van der Waals surface area contributed by atoms with Gasteiger partial charge in [-0.25, -0.2) is 0 Å². The van der Waals surface area contributed by atoms with Crippen molar-refractivity contribution in [3.05, 3.63) is 66.2 Å². The van der Waals surface area contributed by atoms with Crippen LogP contribution >= 0.6 is 0 Å². The zero-order valence-electron chi connectivity index (χ0n) is 7.51. The molecule has 1 aliphatic rings. The molecule has 70 valence electrons. The molecule has 2 heteroatoms. The molecule has 0 fully saturated rings. The van der Waals surface area contributed by atoms with E-state index in [-0.39, 0.29) is 5.76 Å². The fraction of sp³-hybridized carbons (Fsp3) is 0. The van der Waals surface area contributed by atoms with E-state index in [9.17, 15) is 5.11 Å². The summed E-state index contributed by atoms with van der Waals surface area (Å²) in [6.07, 6.45) is 12.5. The smallest absolute Gasteiger partial charge is 0.118 e. The van der Waals surface area contributed by atoms with Crippen LogP contribution in [0.3, 0.4) is 0 Å². The molecule has 0 bridgehead atoms. The maximum atomic E-state index is 11.4. The molecule has 0 saturated carbocycles. The van der Waals surface area contributed by atoms with Crippen LogP contribution in [0.25, 0.3) is 5.76 Å². The average molecular weight is 185 g/mol. The summed E-state index contributed by atoms with van der Waals surface area (Å²) in [7, 11) is 0. The summed E-state index contributed by atoms with van der Waals surface area (Å²) in [6.45, 7) is 0. The summed E-state index contributed by atoms with van der Waals surface area (Å²) in [5.74, 6) is 0.254. The van der Waals surface area contributed by atoms with E-state index in [1.54, 1.807) is 18.2 Å². The first-order valence-corrected chi connectivity index (χ1v) is 4.34. The Morgan fingerprint density at radius 1 is 1.29 bits per heavy atom. The van der Waals surface area contributed by atoms with Gasteiger partial charge in [-0.3, -0.25) is 0 Å². The third kappa shape index (κ3) is 1.85. The topological polar surface area (TPSA) is 36.2 Å². The van der Waals surface area contributed by atoms with Crippen molar-refractivity contribution in [1.29, 1.82) is 0 Å². The van der Waals surface area contributed by atoms with Crippen LogP contribution in [0.2, 0.25) is 0 Å². The van der Waals surface area contributed by atoms with Crippen LogP contribution < -0.4 is 5.11 Å². The van der Waals surface area contributed by atoms with Gasteiger partial charge in [0.2, 0.25) is 0 Å². The van der Waals surface area contributed by atoms with Crippen molar-refractivity contribution in [2.45, 2.75) is 0 Å². The summed E-state index contributed by atoms with van der Waals surface area (Å²) in [4.78, 5) is 0. The minimum absolute atomic E-state index is 0.115. The number of furan rings is 1. The van der Waals surface area contributed by atoms with Crippen molar-refractivity contribution in [2.24, 2.45) is 0 Å². The quantitative estimate of drug-likeness (QED) is 0.661. The van der Waals surface area contributed by atoms with Gasteiger partial charge in [0.1, 0.15) is 5.76 Å². The Labute approximate surface area is 82.2 Å². The standard InChI is InChI=1S/C12H10O2/c13-11(12-6-3-9-14-12)8-7-10-4-1-2-5-10/h1-9,13H/p-1/b11-8+. The third-order valence-corrected chi connectivity index (χ3v) is 1.88. The van der Waals surface area contributed by atoms with E-state index in [2.05, 4.69) is 0 Å². The first-order chi connectivity index (χ1) is 6.86. The molecule has 0 N–H and O–H groups in total. The Hall–Kier alpha value is -1.96. The van der Waals surface area contributed by atoms with Gasteiger partial charge in [0.25, 0.3) is 0 Å². The summed E-state index contributed by atoms with van der Waals surface area (Å²) in [5, 5.41) is 11.4. The minimum Gasteiger partial charge on any atom is -0.870 e. The zero-order chi connectivity index (χ0) is 9.80. The van der Waals surface area contributed by atoms with E-state index in [1.807, 2.05) is 24.3 Å². The highest BCUT2D eigenvalue weighted by Gasteiger charge is 1.92. The van der Waals surface area contributed by atoms with Gasteiger partial charge in [-0.1, -0.05) is 42.2 Å². The second kappa shape index (κ2) is 3.83. The van der Waals surface area contributed by atoms with Gasteiger partial charge in [0.15, 0.2) is 0 Å². The van der Waals surface area contributed by atoms with Gasteiger partial charge < -0.3 is 9.52 Å². The van der Waals surface area contributed by atoms with Crippen LogP contribution in [0.1, 0.15) is 5.76 Å². The van der Waals surface area contributed by atoms with Gasteiger partial charge in [-0.05, 0) is 17.7 Å². The van der Waals surface area contributed by atoms with Crippen LogP contribution in [0.15, 0.2) is 64.8 Å². The van der Waals surface area contributed by atoms with Crippen molar-refractivity contribution >= 4 is 5.76 Å². The molecule has 1 heterocycles. The van der Waals surface area contributed by atoms with E-state index < -0.39 is 0 Å². The van der Waals surface area contributed by atoms with Crippen molar-refractivity contribution in [1.82, 2.24) is 0 Å². The molecule has 0 amide bonds. The molecule has 0 saturated heterocycles. The van der Waals surface area contributed by atoms with Crippen LogP contribution in [-0.2, 0) is 0 Å². The molecule has 14 heavy (non-hydrogen) atoms. The highest BCUT2D eigenvalue weighted by molar-refractivity contribution is 5.55. The van der Waals surface area contributed by atoms with Gasteiger partial charge in [0.05, 0.1) is 6.26 Å². The molecule has 2 rings (SSSR count). The van der Waals surface area contributed by atoms with E-state index in [4.69, 9.17) is 4.42 Å². The molecule has 1 aromatic rings. The summed E-state index contributed by atoms with van der Waals surface area (Å²) in [6, 6.07) is 3.35. The Balaban J connectivity index is 2.16. The van der Waals surface area contributed by atoms with Crippen LogP contribution in [0.4, 0.5) is 0 Å². The predicted octanol–water partition coefficient (Wildman–Crippen LogP) is 2.03. The second-order valence-electron chi connectivity index (χ2n) is 2.89. The highest BCUT2D eigenvalue weighted by atomic mass is 16.4. The number of rotatable bonds is 2. The molecule has 2 nitrogen and oxygen atoms in total. The molecule has 0 aromatic carbocycles. The Morgan fingerprint density at radius 2 is 2.07 bits per heavy atom. The lowest BCUT2D eigenvalue weighted by molar-refractivity contribution is -0.245. The van der Waals surface area contributed by atoms with Gasteiger partial charge in [-0.2, -0.15) is 0 Å². The summed E-state index contributed by atoms with van der Waals surface area (Å²) in [5.41, 5.74) is 1.02. The first-order valence-electron chi connectivity index (χ1n) is 4.34. The van der Waals surface area contributed by atoms with Gasteiger partial charge >= 0.3 is 0 Å². The largest absolute Gasteiger partial charge is 0.870 e. The Morgan fingerprint density at radius 3 is 2.71 bits per heavy atom. The van der Waals surface area contributed by atoms with E-state index in [0.29, 0.717) is 5.76 Å². The predicted molar refractivity (Wildman–Crippen MR) is 53.0 cm³/mol. The minimum atomic E-state index is -0.115. The fourth-order valence-electron chi connectivity index (χ4n) is 1.17. The molecule has 0 unspecified atom stereocenters. The van der Waals surface area contributed by atoms with E-state index >= 15 is 0 Å². The number of hydrogen-bond donors (Lipinski definition) is 0. The molecule has 0 aliphatic heterocycles. The van der Waals surface area contributed by atoms with Crippen LogP contribution in [0.5, 0.6) is 0 Å². The first kappa shape index (κ1) is 8.63. The van der Waals surface area contributed by atoms with E-state index in [0.717, 1.165) is 5.57 Å². The highest BCUT2D eigenvalue weighted by Crippen LogP contribution is 2.11. The number of allylic oxidation sites excluding steroid dienone is 7. The lowest BCUT2D eigenvalue weighted by Gasteiger charge is -2.05. The van der Waals surface area contributed by atoms with Crippen LogP contribution in [-0.4, -0.2) is 0 Å². The summed E-state index contributed by atoms with van der Waals surface area (Å²) < 4.78 is 4.96. The lowest BCUT2D eigenvalue weighted by Crippen LogP contribution is -1.99. The maximum Gasteiger partial charge on any atom is 0.118 e. The fourth-order valence-corrected chi connectivity index (χ4v) is 1.17. The van der Waals surface area contributed by atoms with Gasteiger partial charge in [-0.15, -0.1) is 0 Å². The maximum absolute atomic E-state index is 11.4.